The Labute approximate surface area is 128 Å². The number of carbonyl (C=O) groups is 2. The van der Waals surface area contributed by atoms with Crippen molar-refractivity contribution < 1.29 is 14.7 Å². The summed E-state index contributed by atoms with van der Waals surface area (Å²) in [6.45, 7) is 0. The predicted octanol–water partition coefficient (Wildman–Crippen LogP) is 2.42. The first-order chi connectivity index (χ1) is 10.6. The van der Waals surface area contributed by atoms with Gasteiger partial charge in [0.1, 0.15) is 0 Å². The molecule has 1 amide bonds. The van der Waals surface area contributed by atoms with E-state index in [4.69, 9.17) is 5.73 Å². The molecule has 2 atom stereocenters. The smallest absolute Gasteiger partial charge is 0.310 e. The molecule has 22 heavy (non-hydrogen) atoms. The van der Waals surface area contributed by atoms with Crippen molar-refractivity contribution in [3.63, 3.8) is 0 Å². The number of hydrogen-bond acceptors (Lipinski definition) is 2. The fourth-order valence-electron chi connectivity index (χ4n) is 3.52. The van der Waals surface area contributed by atoms with E-state index in [1.165, 1.54) is 0 Å². The van der Waals surface area contributed by atoms with Gasteiger partial charge in [0.05, 0.1) is 11.3 Å². The fourth-order valence-corrected chi connectivity index (χ4v) is 3.52. The average Bonchev–Trinajstić information content (AvgIpc) is 2.54. The molecule has 3 rings (SSSR count). The summed E-state index contributed by atoms with van der Waals surface area (Å²) in [6, 6.07) is 16.6. The largest absolute Gasteiger partial charge is 0.481 e. The van der Waals surface area contributed by atoms with E-state index in [1.54, 1.807) is 12.1 Å². The van der Waals surface area contributed by atoms with Crippen molar-refractivity contribution >= 4 is 11.9 Å². The number of benzene rings is 2. The Morgan fingerprint density at radius 3 is 2.32 bits per heavy atom. The highest BCUT2D eigenvalue weighted by molar-refractivity contribution is 5.93. The van der Waals surface area contributed by atoms with E-state index in [9.17, 15) is 14.7 Å². The number of carboxylic acids is 1. The van der Waals surface area contributed by atoms with Crippen molar-refractivity contribution in [2.45, 2.75) is 24.2 Å². The molecule has 0 saturated carbocycles. The number of carbonyl (C=O) groups excluding carboxylic acids is 1. The van der Waals surface area contributed by atoms with Gasteiger partial charge in [-0.3, -0.25) is 9.59 Å². The van der Waals surface area contributed by atoms with Crippen LogP contribution in [0.3, 0.4) is 0 Å². The van der Waals surface area contributed by atoms with Gasteiger partial charge in [-0.25, -0.2) is 0 Å². The van der Waals surface area contributed by atoms with Crippen molar-refractivity contribution in [3.8, 4) is 0 Å². The summed E-state index contributed by atoms with van der Waals surface area (Å²) >= 11 is 0. The maximum Gasteiger partial charge on any atom is 0.310 e. The molecule has 0 bridgehead atoms. The second-order valence-electron chi connectivity index (χ2n) is 5.65. The summed E-state index contributed by atoms with van der Waals surface area (Å²) in [6.07, 6.45) is 0.796. The van der Waals surface area contributed by atoms with Gasteiger partial charge in [-0.15, -0.1) is 0 Å². The highest BCUT2D eigenvalue weighted by atomic mass is 16.4. The first kappa shape index (κ1) is 14.3. The van der Waals surface area contributed by atoms with E-state index < -0.39 is 23.2 Å². The van der Waals surface area contributed by atoms with E-state index in [0.29, 0.717) is 24.0 Å². The minimum absolute atomic E-state index is 0.393. The van der Waals surface area contributed by atoms with Crippen LogP contribution in [0.2, 0.25) is 0 Å². The number of rotatable bonds is 3. The monoisotopic (exact) mass is 295 g/mol. The minimum atomic E-state index is -0.955. The van der Waals surface area contributed by atoms with E-state index in [-0.39, 0.29) is 0 Å². The Morgan fingerprint density at radius 2 is 1.68 bits per heavy atom. The number of fused-ring (bicyclic) bond motifs is 1. The van der Waals surface area contributed by atoms with Gasteiger partial charge in [0, 0.05) is 0 Å². The fraction of sp³-hybridized carbons (Fsp3) is 0.222. The molecule has 1 aliphatic carbocycles. The van der Waals surface area contributed by atoms with Crippen LogP contribution < -0.4 is 5.73 Å². The number of amides is 1. The molecular weight excluding hydrogens is 278 g/mol. The average molecular weight is 295 g/mol. The van der Waals surface area contributed by atoms with Crippen molar-refractivity contribution in [1.82, 2.24) is 0 Å². The predicted molar refractivity (Wildman–Crippen MR) is 82.5 cm³/mol. The maximum atomic E-state index is 12.4. The summed E-state index contributed by atoms with van der Waals surface area (Å²) in [5.74, 6) is -1.89. The van der Waals surface area contributed by atoms with Crippen LogP contribution in [0.15, 0.2) is 54.6 Å². The molecule has 4 heteroatoms. The number of primary amides is 1. The molecule has 0 heterocycles. The molecule has 0 radical (unpaired) electrons. The third-order valence-corrected chi connectivity index (χ3v) is 4.59. The molecule has 2 aromatic rings. The van der Waals surface area contributed by atoms with Crippen LogP contribution in [0, 0.1) is 0 Å². The lowest BCUT2D eigenvalue weighted by Gasteiger charge is -2.39. The van der Waals surface area contributed by atoms with Crippen LogP contribution in [0.5, 0.6) is 0 Å². The lowest BCUT2D eigenvalue weighted by Crippen LogP contribution is -2.46. The second kappa shape index (κ2) is 5.30. The lowest BCUT2D eigenvalue weighted by molar-refractivity contribution is -0.139. The number of aliphatic carboxylic acids is 1. The third-order valence-electron chi connectivity index (χ3n) is 4.59. The summed E-state index contributed by atoms with van der Waals surface area (Å²) in [5.41, 5.74) is 7.05. The van der Waals surface area contributed by atoms with Crippen LogP contribution in [0.4, 0.5) is 0 Å². The maximum absolute atomic E-state index is 12.4. The topological polar surface area (TPSA) is 80.4 Å². The van der Waals surface area contributed by atoms with Crippen molar-refractivity contribution in [2.75, 3.05) is 0 Å². The van der Waals surface area contributed by atoms with Gasteiger partial charge in [-0.2, -0.15) is 0 Å². The first-order valence-corrected chi connectivity index (χ1v) is 7.25. The zero-order chi connectivity index (χ0) is 15.7. The SMILES string of the molecule is NC(=O)C1(c2ccccc2)CC[C@@H](C(=O)O)c2ccccc21. The van der Waals surface area contributed by atoms with Gasteiger partial charge in [0.25, 0.3) is 0 Å². The summed E-state index contributed by atoms with van der Waals surface area (Å²) in [7, 11) is 0. The van der Waals surface area contributed by atoms with E-state index in [0.717, 1.165) is 5.56 Å². The molecule has 0 fully saturated rings. The molecule has 3 N–H and O–H groups in total. The van der Waals surface area contributed by atoms with Crippen molar-refractivity contribution in [2.24, 2.45) is 5.73 Å². The highest BCUT2D eigenvalue weighted by Gasteiger charge is 2.47. The van der Waals surface area contributed by atoms with Gasteiger partial charge in [0.2, 0.25) is 5.91 Å². The quantitative estimate of drug-likeness (QED) is 0.912. The molecule has 0 saturated heterocycles. The van der Waals surface area contributed by atoms with Crippen LogP contribution in [-0.2, 0) is 15.0 Å². The summed E-state index contributed by atoms with van der Waals surface area (Å²) < 4.78 is 0. The number of carboxylic acid groups (broad SMARTS) is 1. The van der Waals surface area contributed by atoms with E-state index in [2.05, 4.69) is 0 Å². The van der Waals surface area contributed by atoms with Gasteiger partial charge in [-0.1, -0.05) is 54.6 Å². The molecular formula is C18H17NO3. The van der Waals surface area contributed by atoms with Gasteiger partial charge in [-0.05, 0) is 29.5 Å². The normalized spacial score (nSPS) is 23.5. The molecule has 0 aromatic heterocycles. The summed E-state index contributed by atoms with van der Waals surface area (Å²) in [5, 5.41) is 9.45. The first-order valence-electron chi connectivity index (χ1n) is 7.25. The zero-order valence-electron chi connectivity index (χ0n) is 12.0. The number of nitrogens with two attached hydrogens (primary N) is 1. The molecule has 1 aliphatic rings. The molecule has 112 valence electrons. The van der Waals surface area contributed by atoms with Gasteiger partial charge < -0.3 is 10.8 Å². The van der Waals surface area contributed by atoms with Gasteiger partial charge in [0.15, 0.2) is 0 Å². The second-order valence-corrected chi connectivity index (χ2v) is 5.65. The number of hydrogen-bond donors (Lipinski definition) is 2. The third kappa shape index (κ3) is 1.99. The minimum Gasteiger partial charge on any atom is -0.481 e. The van der Waals surface area contributed by atoms with Crippen LogP contribution in [-0.4, -0.2) is 17.0 Å². The van der Waals surface area contributed by atoms with Crippen LogP contribution in [0.1, 0.15) is 35.4 Å². The van der Waals surface area contributed by atoms with Crippen molar-refractivity contribution in [3.05, 3.63) is 71.3 Å². The highest BCUT2D eigenvalue weighted by Crippen LogP contribution is 2.46. The standard InChI is InChI=1S/C18H17NO3/c19-17(22)18(12-6-2-1-3-7-12)11-10-14(16(20)21)13-8-4-5-9-15(13)18/h1-9,14H,10-11H2,(H2,19,22)(H,20,21)/t14-,18?/m1/s1. The Hall–Kier alpha value is -2.62. The van der Waals surface area contributed by atoms with Crippen LogP contribution in [0.25, 0.3) is 0 Å². The lowest BCUT2D eigenvalue weighted by atomic mass is 9.63. The Kier molecular flexibility index (Phi) is 3.45. The van der Waals surface area contributed by atoms with E-state index >= 15 is 0 Å². The van der Waals surface area contributed by atoms with Crippen LogP contribution >= 0.6 is 0 Å². The van der Waals surface area contributed by atoms with Crippen molar-refractivity contribution in [1.29, 1.82) is 0 Å². The zero-order valence-corrected chi connectivity index (χ0v) is 12.0. The Bertz CT molecular complexity index is 726. The molecule has 0 spiro atoms. The molecule has 4 nitrogen and oxygen atoms in total. The van der Waals surface area contributed by atoms with Gasteiger partial charge >= 0.3 is 5.97 Å². The van der Waals surface area contributed by atoms with E-state index in [1.807, 2.05) is 42.5 Å². The Morgan fingerprint density at radius 1 is 1.05 bits per heavy atom. The summed E-state index contributed by atoms with van der Waals surface area (Å²) in [4.78, 5) is 23.9. The Balaban J connectivity index is 2.27. The molecule has 0 aliphatic heterocycles. The molecule has 1 unspecified atom stereocenters. The molecule has 2 aromatic carbocycles.